The van der Waals surface area contributed by atoms with E-state index in [-0.39, 0.29) is 30.0 Å². The number of hydrogen-bond acceptors (Lipinski definition) is 4. The third kappa shape index (κ3) is 4.77. The van der Waals surface area contributed by atoms with Gasteiger partial charge in [-0.1, -0.05) is 25.1 Å². The van der Waals surface area contributed by atoms with Crippen molar-refractivity contribution in [1.82, 2.24) is 4.90 Å². The van der Waals surface area contributed by atoms with E-state index in [1.165, 1.54) is 24.3 Å². The van der Waals surface area contributed by atoms with E-state index < -0.39 is 29.3 Å². The van der Waals surface area contributed by atoms with Gasteiger partial charge < -0.3 is 15.2 Å². The normalized spacial score (nSPS) is 26.9. The van der Waals surface area contributed by atoms with Gasteiger partial charge in [0.25, 0.3) is 0 Å². The summed E-state index contributed by atoms with van der Waals surface area (Å²) in [5.74, 6) is -1.25. The van der Waals surface area contributed by atoms with Gasteiger partial charge in [-0.15, -0.1) is 0 Å². The van der Waals surface area contributed by atoms with E-state index in [1.54, 1.807) is 6.07 Å². The quantitative estimate of drug-likeness (QED) is 0.624. The number of carbonyl (C=O) groups excluding carboxylic acids is 1. The van der Waals surface area contributed by atoms with Crippen LogP contribution in [0.15, 0.2) is 48.5 Å². The summed E-state index contributed by atoms with van der Waals surface area (Å²) in [7, 11) is 0. The highest BCUT2D eigenvalue weighted by Gasteiger charge is 2.54. The maximum Gasteiger partial charge on any atom is 0.416 e. The highest BCUT2D eigenvalue weighted by Crippen LogP contribution is 2.43. The summed E-state index contributed by atoms with van der Waals surface area (Å²) in [6, 6.07) is 11.0. The van der Waals surface area contributed by atoms with Crippen molar-refractivity contribution in [2.75, 3.05) is 26.3 Å². The fraction of sp³-hybridized carbons (Fsp3) is 0.480. The number of nitrogens with two attached hydrogens (primary N) is 1. The van der Waals surface area contributed by atoms with Gasteiger partial charge >= 0.3 is 6.18 Å². The summed E-state index contributed by atoms with van der Waals surface area (Å²) in [6.45, 7) is 3.41. The predicted octanol–water partition coefficient (Wildman–Crippen LogP) is 4.36. The third-order valence-electron chi connectivity index (χ3n) is 7.12. The van der Waals surface area contributed by atoms with Crippen LogP contribution < -0.4 is 10.5 Å². The van der Waals surface area contributed by atoms with Crippen LogP contribution in [0.2, 0.25) is 0 Å². The molecule has 0 radical (unpaired) electrons. The van der Waals surface area contributed by atoms with Crippen LogP contribution in [0.5, 0.6) is 5.75 Å². The van der Waals surface area contributed by atoms with Gasteiger partial charge in [0.2, 0.25) is 5.91 Å². The van der Waals surface area contributed by atoms with Crippen LogP contribution in [0.25, 0.3) is 0 Å². The molecule has 0 saturated carbocycles. The molecule has 4 atom stereocenters. The Morgan fingerprint density at radius 2 is 2.00 bits per heavy atom. The minimum Gasteiger partial charge on any atom is -0.489 e. The molecule has 9 heteroatoms. The Bertz CT molecular complexity index is 1030. The van der Waals surface area contributed by atoms with E-state index >= 15 is 0 Å². The van der Waals surface area contributed by atoms with E-state index in [4.69, 9.17) is 15.2 Å². The first-order valence-corrected chi connectivity index (χ1v) is 11.3. The minimum atomic E-state index is -4.46. The number of alkyl halides is 3. The molecule has 5 nitrogen and oxygen atoms in total. The average molecular weight is 481 g/mol. The highest BCUT2D eigenvalue weighted by molar-refractivity contribution is 5.85. The second kappa shape index (κ2) is 9.54. The van der Waals surface area contributed by atoms with E-state index in [0.717, 1.165) is 17.7 Å². The molecule has 0 bridgehead atoms. The number of hydrogen-bond donors (Lipinski definition) is 1. The van der Waals surface area contributed by atoms with Gasteiger partial charge in [0, 0.05) is 25.6 Å². The lowest BCUT2D eigenvalue weighted by molar-refractivity contribution is -0.146. The zero-order chi connectivity index (χ0) is 24.5. The van der Waals surface area contributed by atoms with Crippen molar-refractivity contribution in [3.63, 3.8) is 0 Å². The average Bonchev–Trinajstić information content (AvgIpc) is 3.26. The molecular weight excluding hydrogens is 452 g/mol. The molecule has 2 N–H and O–H groups in total. The number of rotatable bonds is 6. The Morgan fingerprint density at radius 1 is 1.24 bits per heavy atom. The van der Waals surface area contributed by atoms with Crippen molar-refractivity contribution in [3.05, 3.63) is 65.5 Å². The lowest BCUT2D eigenvalue weighted by Gasteiger charge is -2.49. The van der Waals surface area contributed by atoms with Crippen molar-refractivity contribution in [2.24, 2.45) is 11.7 Å². The number of carbonyl (C=O) groups is 1. The van der Waals surface area contributed by atoms with Crippen LogP contribution in [0.1, 0.15) is 36.8 Å². The second-order valence-electron chi connectivity index (χ2n) is 9.06. The zero-order valence-electron chi connectivity index (χ0n) is 18.9. The van der Waals surface area contributed by atoms with Crippen molar-refractivity contribution in [1.29, 1.82) is 0 Å². The molecule has 0 aromatic heterocycles. The molecule has 2 fully saturated rings. The first kappa shape index (κ1) is 24.5. The van der Waals surface area contributed by atoms with Gasteiger partial charge in [-0.05, 0) is 54.7 Å². The Balaban J connectivity index is 1.56. The molecule has 2 aromatic carbocycles. The van der Waals surface area contributed by atoms with E-state index in [2.05, 4.69) is 0 Å². The third-order valence-corrected chi connectivity index (χ3v) is 7.12. The highest BCUT2D eigenvalue weighted by atomic mass is 19.4. The summed E-state index contributed by atoms with van der Waals surface area (Å²) in [5, 5.41) is 0. The molecule has 2 aliphatic heterocycles. The van der Waals surface area contributed by atoms with E-state index in [9.17, 15) is 22.4 Å². The number of benzene rings is 2. The molecule has 1 amide bonds. The van der Waals surface area contributed by atoms with Crippen molar-refractivity contribution < 1.29 is 31.8 Å². The zero-order valence-corrected chi connectivity index (χ0v) is 18.9. The molecular formula is C25H28F4N2O3. The molecule has 2 aliphatic rings. The summed E-state index contributed by atoms with van der Waals surface area (Å²) in [4.78, 5) is 15.0. The summed E-state index contributed by atoms with van der Waals surface area (Å²) in [5.41, 5.74) is 4.95. The summed E-state index contributed by atoms with van der Waals surface area (Å²) in [6.07, 6.45) is -3.94. The monoisotopic (exact) mass is 480 g/mol. The lowest BCUT2D eigenvalue weighted by atomic mass is 9.70. The molecule has 2 aromatic rings. The van der Waals surface area contributed by atoms with Gasteiger partial charge in [-0.25, -0.2) is 4.39 Å². The minimum absolute atomic E-state index is 0.131. The number of nitrogens with zero attached hydrogens (tertiary/aromatic N) is 1. The number of amides is 1. The second-order valence-corrected chi connectivity index (χ2v) is 9.06. The maximum absolute atomic E-state index is 13.9. The van der Waals surface area contributed by atoms with Gasteiger partial charge in [0.1, 0.15) is 23.2 Å². The van der Waals surface area contributed by atoms with E-state index in [1.807, 2.05) is 17.9 Å². The predicted molar refractivity (Wildman–Crippen MR) is 118 cm³/mol. The van der Waals surface area contributed by atoms with Gasteiger partial charge in [0.05, 0.1) is 12.2 Å². The van der Waals surface area contributed by atoms with Gasteiger partial charge in [-0.3, -0.25) is 9.69 Å². The Morgan fingerprint density at radius 3 is 2.71 bits per heavy atom. The molecule has 34 heavy (non-hydrogen) atoms. The molecule has 4 rings (SSSR count). The van der Waals surface area contributed by atoms with Crippen molar-refractivity contribution >= 4 is 5.91 Å². The largest absolute Gasteiger partial charge is 0.489 e. The fourth-order valence-corrected chi connectivity index (χ4v) is 5.32. The van der Waals surface area contributed by atoms with Crippen LogP contribution in [-0.4, -0.2) is 48.8 Å². The fourth-order valence-electron chi connectivity index (χ4n) is 5.32. The van der Waals surface area contributed by atoms with Gasteiger partial charge in [-0.2, -0.15) is 13.2 Å². The topological polar surface area (TPSA) is 64.8 Å². The Kier molecular flexibility index (Phi) is 6.87. The maximum atomic E-state index is 13.9. The molecule has 2 saturated heterocycles. The number of ether oxygens (including phenoxy) is 2. The van der Waals surface area contributed by atoms with Crippen LogP contribution in [0, 0.1) is 11.7 Å². The number of likely N-dealkylation sites (tertiary alicyclic amines) is 1. The molecule has 0 spiro atoms. The summed E-state index contributed by atoms with van der Waals surface area (Å²) >= 11 is 0. The SMILES string of the molecule is CC(c1cccc(F)c1)C1COCCC1(C(N)=O)N1CC[C@@H](Oc2cccc(C(F)(F)F)c2)C1. The van der Waals surface area contributed by atoms with Crippen molar-refractivity contribution in [2.45, 2.75) is 43.5 Å². The first-order valence-electron chi connectivity index (χ1n) is 11.3. The lowest BCUT2D eigenvalue weighted by Crippen LogP contribution is -2.65. The molecule has 2 heterocycles. The van der Waals surface area contributed by atoms with Crippen LogP contribution in [0.3, 0.4) is 0 Å². The molecule has 0 aliphatic carbocycles. The molecule has 3 unspecified atom stereocenters. The van der Waals surface area contributed by atoms with Gasteiger partial charge in [0.15, 0.2) is 0 Å². The smallest absolute Gasteiger partial charge is 0.416 e. The molecule has 184 valence electrons. The van der Waals surface area contributed by atoms with Crippen LogP contribution in [0.4, 0.5) is 17.6 Å². The van der Waals surface area contributed by atoms with Crippen LogP contribution >= 0.6 is 0 Å². The Labute approximate surface area is 195 Å². The van der Waals surface area contributed by atoms with Crippen LogP contribution in [-0.2, 0) is 15.7 Å². The number of halogens is 4. The standard InChI is InChI=1S/C25H28F4N2O3/c1-16(17-4-2-6-19(26)12-17)22-15-33-11-9-24(22,23(30)32)31-10-8-21(14-31)34-20-7-3-5-18(13-20)25(27,28)29/h2-7,12-13,16,21-22H,8-11,14-15H2,1H3,(H2,30,32)/t16?,21-,22?,24?/m1/s1. The summed E-state index contributed by atoms with van der Waals surface area (Å²) < 4.78 is 64.7. The Hall–Kier alpha value is -2.65. The van der Waals surface area contributed by atoms with E-state index in [0.29, 0.717) is 32.5 Å². The van der Waals surface area contributed by atoms with Crippen molar-refractivity contribution in [3.8, 4) is 5.75 Å². The number of primary amides is 1. The first-order chi connectivity index (χ1) is 16.1.